The number of carbonyl (C=O) groups is 2. The second-order valence-electron chi connectivity index (χ2n) is 7.23. The number of carbonyl (C=O) groups excluding carboxylic acids is 1. The molecule has 168 valence electrons. The lowest BCUT2D eigenvalue weighted by Crippen LogP contribution is -2.46. The van der Waals surface area contributed by atoms with Crippen LogP contribution in [-0.4, -0.2) is 64.4 Å². The number of ether oxygens (including phenoxy) is 2. The largest absolute Gasteiger partial charge is 0.490 e. The van der Waals surface area contributed by atoms with E-state index in [1.54, 1.807) is 23.7 Å². The Labute approximate surface area is 180 Å². The van der Waals surface area contributed by atoms with Crippen molar-refractivity contribution >= 4 is 23.2 Å². The summed E-state index contributed by atoms with van der Waals surface area (Å²) in [6.07, 6.45) is 1.06. The van der Waals surface area contributed by atoms with Crippen molar-refractivity contribution in [1.29, 1.82) is 0 Å². The molecule has 1 unspecified atom stereocenters. The summed E-state index contributed by atoms with van der Waals surface area (Å²) < 4.78 is 43.8. The standard InChI is InChI=1S/C18H20N2O3S.C2HF3O2/c21-17(14-3-9-24-13-14)20-7-4-18(5-8-20)10-16(12-22-18)23-15-2-1-6-19-11-15;3-2(4,5)1(6)7/h1-3,6,9,11,13,16H,4-5,7-8,10,12H2;(H,6,7). The van der Waals surface area contributed by atoms with Crippen LogP contribution in [0.5, 0.6) is 5.75 Å². The van der Waals surface area contributed by atoms with Crippen molar-refractivity contribution in [2.75, 3.05) is 19.7 Å². The van der Waals surface area contributed by atoms with Crippen LogP contribution in [-0.2, 0) is 9.53 Å². The Morgan fingerprint density at radius 2 is 2.00 bits per heavy atom. The molecule has 4 heterocycles. The smallest absolute Gasteiger partial charge is 0.486 e. The highest BCUT2D eigenvalue weighted by Gasteiger charge is 2.44. The second kappa shape index (κ2) is 9.65. The number of hydrogen-bond donors (Lipinski definition) is 1. The first kappa shape index (κ1) is 23.0. The third-order valence-electron chi connectivity index (χ3n) is 5.08. The number of aliphatic carboxylic acids is 1. The van der Waals surface area contributed by atoms with Gasteiger partial charge in [0.05, 0.1) is 24.0 Å². The van der Waals surface area contributed by atoms with Gasteiger partial charge in [0.15, 0.2) is 0 Å². The zero-order valence-corrected chi connectivity index (χ0v) is 17.2. The van der Waals surface area contributed by atoms with Gasteiger partial charge in [-0.05, 0) is 36.4 Å². The molecule has 2 fully saturated rings. The number of pyridine rings is 1. The maximum Gasteiger partial charge on any atom is 0.490 e. The van der Waals surface area contributed by atoms with Crippen LogP contribution in [0.4, 0.5) is 13.2 Å². The number of piperidine rings is 1. The van der Waals surface area contributed by atoms with Gasteiger partial charge in [-0.2, -0.15) is 24.5 Å². The summed E-state index contributed by atoms with van der Waals surface area (Å²) in [4.78, 5) is 27.3. The Hall–Kier alpha value is -2.66. The minimum absolute atomic E-state index is 0.0633. The molecule has 1 N–H and O–H groups in total. The third kappa shape index (κ3) is 6.17. The van der Waals surface area contributed by atoms with Gasteiger partial charge in [0, 0.05) is 31.1 Å². The van der Waals surface area contributed by atoms with Crippen LogP contribution >= 0.6 is 11.3 Å². The molecular formula is C20H21F3N2O5S. The summed E-state index contributed by atoms with van der Waals surface area (Å²) in [5.74, 6) is -1.84. The van der Waals surface area contributed by atoms with Gasteiger partial charge in [-0.25, -0.2) is 4.79 Å². The molecule has 0 radical (unpaired) electrons. The number of nitrogens with zero attached hydrogens (tertiary/aromatic N) is 2. The number of alkyl halides is 3. The lowest BCUT2D eigenvalue weighted by atomic mass is 9.88. The zero-order chi connectivity index (χ0) is 22.5. The minimum atomic E-state index is -5.08. The number of rotatable bonds is 3. The summed E-state index contributed by atoms with van der Waals surface area (Å²) in [5.41, 5.74) is 0.652. The van der Waals surface area contributed by atoms with Crippen molar-refractivity contribution < 1.29 is 37.3 Å². The monoisotopic (exact) mass is 458 g/mol. The molecule has 2 aromatic heterocycles. The lowest BCUT2D eigenvalue weighted by molar-refractivity contribution is -0.192. The van der Waals surface area contributed by atoms with Crippen molar-refractivity contribution in [3.63, 3.8) is 0 Å². The van der Waals surface area contributed by atoms with Crippen molar-refractivity contribution in [2.24, 2.45) is 0 Å². The van der Waals surface area contributed by atoms with E-state index < -0.39 is 12.1 Å². The quantitative estimate of drug-likeness (QED) is 0.756. The Bertz CT molecular complexity index is 869. The van der Waals surface area contributed by atoms with Gasteiger partial charge in [0.2, 0.25) is 0 Å². The van der Waals surface area contributed by atoms with Crippen molar-refractivity contribution in [3.8, 4) is 5.75 Å². The number of likely N-dealkylation sites (tertiary alicyclic amines) is 1. The fraction of sp³-hybridized carbons (Fsp3) is 0.450. The van der Waals surface area contributed by atoms with Crippen molar-refractivity contribution in [2.45, 2.75) is 37.1 Å². The highest BCUT2D eigenvalue weighted by molar-refractivity contribution is 7.08. The molecule has 7 nitrogen and oxygen atoms in total. The molecule has 0 aromatic carbocycles. The fourth-order valence-electron chi connectivity index (χ4n) is 3.52. The van der Waals surface area contributed by atoms with E-state index in [0.29, 0.717) is 6.61 Å². The Morgan fingerprint density at radius 1 is 1.29 bits per heavy atom. The molecule has 2 saturated heterocycles. The molecule has 11 heteroatoms. The molecule has 1 amide bonds. The van der Waals surface area contributed by atoms with Crippen molar-refractivity contribution in [3.05, 3.63) is 46.9 Å². The van der Waals surface area contributed by atoms with E-state index in [-0.39, 0.29) is 17.6 Å². The maximum atomic E-state index is 12.4. The van der Waals surface area contributed by atoms with Crippen molar-refractivity contribution in [1.82, 2.24) is 9.88 Å². The maximum absolute atomic E-state index is 12.4. The molecule has 2 aliphatic heterocycles. The van der Waals surface area contributed by atoms with Gasteiger partial charge in [0.25, 0.3) is 5.91 Å². The van der Waals surface area contributed by atoms with Gasteiger partial charge in [-0.15, -0.1) is 0 Å². The first-order valence-corrected chi connectivity index (χ1v) is 10.4. The van der Waals surface area contributed by atoms with E-state index in [4.69, 9.17) is 19.4 Å². The summed E-state index contributed by atoms with van der Waals surface area (Å²) in [5, 5.41) is 11.0. The number of halogens is 3. The molecule has 2 aliphatic rings. The first-order valence-electron chi connectivity index (χ1n) is 9.51. The Morgan fingerprint density at radius 3 is 2.55 bits per heavy atom. The topological polar surface area (TPSA) is 89.0 Å². The van der Waals surface area contributed by atoms with Crippen LogP contribution < -0.4 is 4.74 Å². The lowest BCUT2D eigenvalue weighted by Gasteiger charge is -2.38. The van der Waals surface area contributed by atoms with Crippen LogP contribution in [0.15, 0.2) is 41.4 Å². The fourth-order valence-corrected chi connectivity index (χ4v) is 4.15. The number of aromatic nitrogens is 1. The van der Waals surface area contributed by atoms with E-state index in [2.05, 4.69) is 4.98 Å². The van der Waals surface area contributed by atoms with Gasteiger partial charge in [-0.1, -0.05) is 0 Å². The van der Waals surface area contributed by atoms with E-state index in [1.165, 1.54) is 0 Å². The average molecular weight is 458 g/mol. The molecule has 1 atom stereocenters. The zero-order valence-electron chi connectivity index (χ0n) is 16.4. The minimum Gasteiger partial charge on any atom is -0.486 e. The first-order chi connectivity index (χ1) is 14.7. The molecule has 31 heavy (non-hydrogen) atoms. The molecule has 0 aliphatic carbocycles. The highest BCUT2D eigenvalue weighted by atomic mass is 32.1. The van der Waals surface area contributed by atoms with E-state index in [1.807, 2.05) is 33.9 Å². The number of thiophene rings is 1. The van der Waals surface area contributed by atoms with Gasteiger partial charge in [-0.3, -0.25) is 9.78 Å². The van der Waals surface area contributed by atoms with Gasteiger partial charge >= 0.3 is 12.1 Å². The van der Waals surface area contributed by atoms with E-state index >= 15 is 0 Å². The molecule has 1 spiro atoms. The highest BCUT2D eigenvalue weighted by Crippen LogP contribution is 2.37. The Balaban J connectivity index is 0.000000339. The van der Waals surface area contributed by atoms with Crippen LogP contribution in [0.1, 0.15) is 29.6 Å². The van der Waals surface area contributed by atoms with Crippen LogP contribution in [0.3, 0.4) is 0 Å². The normalized spacial score (nSPS) is 20.1. The molecule has 0 bridgehead atoms. The molecule has 0 saturated carbocycles. The van der Waals surface area contributed by atoms with Crippen LogP contribution in [0.2, 0.25) is 0 Å². The summed E-state index contributed by atoms with van der Waals surface area (Å²) in [6.45, 7) is 2.09. The van der Waals surface area contributed by atoms with Gasteiger partial charge in [0.1, 0.15) is 11.9 Å². The molecule has 2 aromatic rings. The average Bonchev–Trinajstić information content (AvgIpc) is 3.40. The van der Waals surface area contributed by atoms with Crippen LogP contribution in [0.25, 0.3) is 0 Å². The third-order valence-corrected chi connectivity index (χ3v) is 5.77. The predicted molar refractivity (Wildman–Crippen MR) is 105 cm³/mol. The summed E-state index contributed by atoms with van der Waals surface area (Å²) in [6, 6.07) is 5.68. The summed E-state index contributed by atoms with van der Waals surface area (Å²) in [7, 11) is 0. The number of carboxylic acids is 1. The second-order valence-corrected chi connectivity index (χ2v) is 8.01. The number of amides is 1. The van der Waals surface area contributed by atoms with E-state index in [0.717, 1.165) is 43.7 Å². The number of carboxylic acid groups (broad SMARTS) is 1. The Kier molecular flexibility index (Phi) is 7.16. The van der Waals surface area contributed by atoms with E-state index in [9.17, 15) is 18.0 Å². The molecule has 4 rings (SSSR count). The number of hydrogen-bond acceptors (Lipinski definition) is 6. The van der Waals surface area contributed by atoms with Gasteiger partial charge < -0.3 is 19.5 Å². The molecular weight excluding hydrogens is 437 g/mol. The van der Waals surface area contributed by atoms with Crippen LogP contribution in [0, 0.1) is 0 Å². The SMILES string of the molecule is O=C(O)C(F)(F)F.O=C(c1ccsc1)N1CCC2(CC1)CC(Oc1cccnc1)CO2. The predicted octanol–water partition coefficient (Wildman–Crippen LogP) is 3.62. The summed E-state index contributed by atoms with van der Waals surface area (Å²) >= 11 is 1.56.